The maximum Gasteiger partial charge on any atom is 0.161 e. The summed E-state index contributed by atoms with van der Waals surface area (Å²) in [6, 6.07) is 22.3. The van der Waals surface area contributed by atoms with Gasteiger partial charge in [-0.3, -0.25) is 4.98 Å². The fourth-order valence-electron chi connectivity index (χ4n) is 2.80. The lowest BCUT2D eigenvalue weighted by Gasteiger charge is -2.19. The van der Waals surface area contributed by atoms with Crippen LogP contribution in [0.3, 0.4) is 0 Å². The fraction of sp³-hybridized carbons (Fsp3) is 0.190. The van der Waals surface area contributed by atoms with Gasteiger partial charge in [0.15, 0.2) is 11.5 Å². The van der Waals surface area contributed by atoms with Crippen molar-refractivity contribution >= 4 is 0 Å². The molecule has 3 aromatic rings. The first-order chi connectivity index (χ1) is 12.3. The molecule has 0 amide bonds. The van der Waals surface area contributed by atoms with Gasteiger partial charge in [-0.1, -0.05) is 42.5 Å². The molecule has 0 aliphatic heterocycles. The first-order valence-electron chi connectivity index (χ1n) is 8.22. The third-order valence-corrected chi connectivity index (χ3v) is 4.07. The lowest BCUT2D eigenvalue weighted by Crippen LogP contribution is -2.23. The van der Waals surface area contributed by atoms with Crippen molar-refractivity contribution in [3.8, 4) is 11.5 Å². The molecule has 4 heteroatoms. The molecule has 1 N–H and O–H groups in total. The summed E-state index contributed by atoms with van der Waals surface area (Å²) in [5.74, 6) is 1.46. The molecule has 0 saturated carbocycles. The van der Waals surface area contributed by atoms with Gasteiger partial charge in [0, 0.05) is 12.7 Å². The number of nitrogens with zero attached hydrogens (tertiary/aromatic N) is 1. The molecule has 0 unspecified atom stereocenters. The minimum absolute atomic E-state index is 0.0236. The molecule has 4 nitrogen and oxygen atoms in total. The maximum atomic E-state index is 5.39. The average molecular weight is 334 g/mol. The second kappa shape index (κ2) is 8.31. The molecule has 0 saturated heterocycles. The van der Waals surface area contributed by atoms with E-state index in [1.54, 1.807) is 14.2 Å². The summed E-state index contributed by atoms with van der Waals surface area (Å²) < 4.78 is 10.7. The SMILES string of the molecule is COc1ccc(CN[C@@H](c2ccccc2)c2ccccn2)cc1OC. The van der Waals surface area contributed by atoms with Crippen LogP contribution in [-0.4, -0.2) is 19.2 Å². The molecule has 0 bridgehead atoms. The first-order valence-corrected chi connectivity index (χ1v) is 8.22. The second-order valence-corrected chi connectivity index (χ2v) is 5.67. The van der Waals surface area contributed by atoms with E-state index in [9.17, 15) is 0 Å². The number of nitrogens with one attached hydrogen (secondary N) is 1. The van der Waals surface area contributed by atoms with Gasteiger partial charge in [0.25, 0.3) is 0 Å². The third kappa shape index (κ3) is 4.17. The van der Waals surface area contributed by atoms with Crippen molar-refractivity contribution in [3.05, 3.63) is 89.7 Å². The van der Waals surface area contributed by atoms with Gasteiger partial charge in [-0.2, -0.15) is 0 Å². The quantitative estimate of drug-likeness (QED) is 0.710. The Hall–Kier alpha value is -2.85. The van der Waals surface area contributed by atoms with Gasteiger partial charge >= 0.3 is 0 Å². The van der Waals surface area contributed by atoms with Crippen molar-refractivity contribution in [2.75, 3.05) is 14.2 Å². The summed E-state index contributed by atoms with van der Waals surface area (Å²) in [7, 11) is 3.29. The zero-order valence-corrected chi connectivity index (χ0v) is 14.5. The largest absolute Gasteiger partial charge is 0.493 e. The summed E-state index contributed by atoms with van der Waals surface area (Å²) in [6.07, 6.45) is 1.82. The van der Waals surface area contributed by atoms with E-state index in [1.807, 2.05) is 60.8 Å². The Morgan fingerprint density at radius 3 is 2.32 bits per heavy atom. The number of pyridine rings is 1. The van der Waals surface area contributed by atoms with Crippen molar-refractivity contribution in [2.45, 2.75) is 12.6 Å². The summed E-state index contributed by atoms with van der Waals surface area (Å²) >= 11 is 0. The van der Waals surface area contributed by atoms with Crippen LogP contribution in [0, 0.1) is 0 Å². The average Bonchev–Trinajstić information content (AvgIpc) is 2.69. The van der Waals surface area contributed by atoms with E-state index in [0.717, 1.165) is 22.8 Å². The monoisotopic (exact) mass is 334 g/mol. The molecule has 128 valence electrons. The molecular weight excluding hydrogens is 312 g/mol. The van der Waals surface area contributed by atoms with Crippen molar-refractivity contribution < 1.29 is 9.47 Å². The van der Waals surface area contributed by atoms with Crippen molar-refractivity contribution in [1.29, 1.82) is 0 Å². The van der Waals surface area contributed by atoms with Crippen LogP contribution < -0.4 is 14.8 Å². The highest BCUT2D eigenvalue weighted by Crippen LogP contribution is 2.28. The molecule has 0 spiro atoms. The lowest BCUT2D eigenvalue weighted by molar-refractivity contribution is 0.354. The van der Waals surface area contributed by atoms with E-state index >= 15 is 0 Å². The smallest absolute Gasteiger partial charge is 0.161 e. The molecule has 25 heavy (non-hydrogen) atoms. The Balaban J connectivity index is 1.82. The molecule has 2 aromatic carbocycles. The molecule has 1 atom stereocenters. The summed E-state index contributed by atoms with van der Waals surface area (Å²) in [4.78, 5) is 4.52. The van der Waals surface area contributed by atoms with E-state index in [4.69, 9.17) is 9.47 Å². The zero-order chi connectivity index (χ0) is 17.5. The van der Waals surface area contributed by atoms with Crippen LogP contribution in [0.15, 0.2) is 72.9 Å². The van der Waals surface area contributed by atoms with Gasteiger partial charge < -0.3 is 14.8 Å². The van der Waals surface area contributed by atoms with Gasteiger partial charge in [0.05, 0.1) is 26.0 Å². The Morgan fingerprint density at radius 2 is 1.64 bits per heavy atom. The summed E-state index contributed by atoms with van der Waals surface area (Å²) in [6.45, 7) is 0.691. The number of ether oxygens (including phenoxy) is 2. The highest BCUT2D eigenvalue weighted by atomic mass is 16.5. The van der Waals surface area contributed by atoms with Crippen molar-refractivity contribution in [2.24, 2.45) is 0 Å². The lowest BCUT2D eigenvalue weighted by atomic mass is 10.0. The first kappa shape index (κ1) is 17.0. The minimum atomic E-state index is 0.0236. The predicted molar refractivity (Wildman–Crippen MR) is 98.9 cm³/mol. The van der Waals surface area contributed by atoms with Gasteiger partial charge in [-0.05, 0) is 35.4 Å². The molecule has 1 aromatic heterocycles. The van der Waals surface area contributed by atoms with Crippen LogP contribution in [0.25, 0.3) is 0 Å². The minimum Gasteiger partial charge on any atom is -0.493 e. The van der Waals surface area contributed by atoms with Crippen molar-refractivity contribution in [1.82, 2.24) is 10.3 Å². The maximum absolute atomic E-state index is 5.39. The van der Waals surface area contributed by atoms with E-state index in [1.165, 1.54) is 5.56 Å². The van der Waals surface area contributed by atoms with Gasteiger partial charge in [0.1, 0.15) is 0 Å². The summed E-state index contributed by atoms with van der Waals surface area (Å²) in [5, 5.41) is 3.60. The number of benzene rings is 2. The van der Waals surface area contributed by atoms with Crippen LogP contribution >= 0.6 is 0 Å². The van der Waals surface area contributed by atoms with E-state index < -0.39 is 0 Å². The molecule has 0 aliphatic rings. The van der Waals surface area contributed by atoms with E-state index in [2.05, 4.69) is 22.4 Å². The van der Waals surface area contributed by atoms with Crippen LogP contribution in [0.4, 0.5) is 0 Å². The zero-order valence-electron chi connectivity index (χ0n) is 14.5. The fourth-order valence-corrected chi connectivity index (χ4v) is 2.80. The van der Waals surface area contributed by atoms with Crippen molar-refractivity contribution in [3.63, 3.8) is 0 Å². The molecule has 0 aliphatic carbocycles. The predicted octanol–water partition coefficient (Wildman–Crippen LogP) is 3.98. The normalized spacial score (nSPS) is 11.8. The van der Waals surface area contributed by atoms with Gasteiger partial charge in [-0.15, -0.1) is 0 Å². The Labute approximate surface area is 148 Å². The van der Waals surface area contributed by atoms with Crippen LogP contribution in [0.2, 0.25) is 0 Å². The molecule has 3 rings (SSSR count). The van der Waals surface area contributed by atoms with Gasteiger partial charge in [0.2, 0.25) is 0 Å². The van der Waals surface area contributed by atoms with E-state index in [0.29, 0.717) is 6.54 Å². The molecule has 1 heterocycles. The Morgan fingerprint density at radius 1 is 0.880 bits per heavy atom. The highest BCUT2D eigenvalue weighted by molar-refractivity contribution is 5.43. The number of methoxy groups -OCH3 is 2. The number of hydrogen-bond acceptors (Lipinski definition) is 4. The Kier molecular flexibility index (Phi) is 5.65. The highest BCUT2D eigenvalue weighted by Gasteiger charge is 2.15. The standard InChI is InChI=1S/C21H22N2O2/c1-24-19-12-11-16(14-20(19)25-2)15-23-21(17-8-4-3-5-9-17)18-10-6-7-13-22-18/h3-14,21,23H,15H2,1-2H3/t21-/m0/s1. The number of rotatable bonds is 7. The van der Waals surface area contributed by atoms with Crippen LogP contribution in [0.1, 0.15) is 22.9 Å². The number of hydrogen-bond donors (Lipinski definition) is 1. The molecule has 0 fully saturated rings. The second-order valence-electron chi connectivity index (χ2n) is 5.67. The topological polar surface area (TPSA) is 43.4 Å². The number of aromatic nitrogens is 1. The molecular formula is C21H22N2O2. The van der Waals surface area contributed by atoms with Crippen LogP contribution in [0.5, 0.6) is 11.5 Å². The van der Waals surface area contributed by atoms with Gasteiger partial charge in [-0.25, -0.2) is 0 Å². The molecule has 0 radical (unpaired) electrons. The Bertz CT molecular complexity index is 752. The summed E-state index contributed by atoms with van der Waals surface area (Å²) in [5.41, 5.74) is 3.30. The van der Waals surface area contributed by atoms with Crippen LogP contribution in [-0.2, 0) is 6.54 Å². The van der Waals surface area contributed by atoms with E-state index in [-0.39, 0.29) is 6.04 Å². The third-order valence-electron chi connectivity index (χ3n) is 4.07.